The van der Waals surface area contributed by atoms with Crippen molar-refractivity contribution < 1.29 is 14.8 Å². The molecule has 1 saturated carbocycles. The van der Waals surface area contributed by atoms with Crippen molar-refractivity contribution in [2.75, 3.05) is 24.6 Å². The predicted octanol–water partition coefficient (Wildman–Crippen LogP) is 2.24. The quantitative estimate of drug-likeness (QED) is 0.683. The Kier molecular flexibility index (Phi) is 3.82. The molecule has 0 aromatic heterocycles. The highest BCUT2D eigenvalue weighted by Crippen LogP contribution is 2.39. The lowest BCUT2D eigenvalue weighted by molar-refractivity contribution is -0.384. The summed E-state index contributed by atoms with van der Waals surface area (Å²) >= 11 is 0. The van der Waals surface area contributed by atoms with Gasteiger partial charge in [0.1, 0.15) is 5.69 Å². The SMILES string of the molecule is O=[N+]([O-])c1ccc(CO)cc1N1CCOC2(CCCC2)C1. The lowest BCUT2D eigenvalue weighted by Crippen LogP contribution is -2.50. The second-order valence-corrected chi connectivity index (χ2v) is 5.90. The number of nitrogens with zero attached hydrogens (tertiary/aromatic N) is 2. The normalized spacial score (nSPS) is 20.9. The monoisotopic (exact) mass is 292 g/mol. The molecule has 1 spiro atoms. The fraction of sp³-hybridized carbons (Fsp3) is 0.600. The lowest BCUT2D eigenvalue weighted by atomic mass is 9.99. The summed E-state index contributed by atoms with van der Waals surface area (Å²) in [6.45, 7) is 1.83. The number of aliphatic hydroxyl groups is 1. The molecule has 3 rings (SSSR count). The van der Waals surface area contributed by atoms with Crippen LogP contribution in [-0.2, 0) is 11.3 Å². The summed E-state index contributed by atoms with van der Waals surface area (Å²) in [5.41, 5.74) is 1.26. The standard InChI is InChI=1S/C15H20N2O4/c18-10-12-3-4-13(17(19)20)14(9-12)16-7-8-21-15(11-16)5-1-2-6-15/h3-4,9,18H,1-2,5-8,10-11H2. The Morgan fingerprint density at radius 2 is 2.14 bits per heavy atom. The van der Waals surface area contributed by atoms with Crippen LogP contribution < -0.4 is 4.90 Å². The maximum Gasteiger partial charge on any atom is 0.292 e. The molecule has 0 radical (unpaired) electrons. The molecular formula is C15H20N2O4. The van der Waals surface area contributed by atoms with Crippen LogP contribution in [0.2, 0.25) is 0 Å². The van der Waals surface area contributed by atoms with Gasteiger partial charge in [0, 0.05) is 19.2 Å². The number of morpholine rings is 1. The van der Waals surface area contributed by atoms with E-state index in [0.29, 0.717) is 30.9 Å². The first-order chi connectivity index (χ1) is 10.1. The van der Waals surface area contributed by atoms with E-state index in [0.717, 1.165) is 25.7 Å². The third-order valence-corrected chi connectivity index (χ3v) is 4.52. The zero-order chi connectivity index (χ0) is 14.9. The summed E-state index contributed by atoms with van der Waals surface area (Å²) in [7, 11) is 0. The molecule has 21 heavy (non-hydrogen) atoms. The van der Waals surface area contributed by atoms with E-state index in [-0.39, 0.29) is 22.8 Å². The van der Waals surface area contributed by atoms with Gasteiger partial charge < -0.3 is 14.7 Å². The fourth-order valence-electron chi connectivity index (χ4n) is 3.45. The molecule has 2 fully saturated rings. The Morgan fingerprint density at radius 1 is 1.38 bits per heavy atom. The maximum atomic E-state index is 11.3. The highest BCUT2D eigenvalue weighted by molar-refractivity contribution is 5.65. The lowest BCUT2D eigenvalue weighted by Gasteiger charge is -2.41. The van der Waals surface area contributed by atoms with E-state index in [4.69, 9.17) is 4.74 Å². The molecule has 2 aliphatic rings. The minimum Gasteiger partial charge on any atom is -0.392 e. The molecule has 0 unspecified atom stereocenters. The van der Waals surface area contributed by atoms with Crippen molar-refractivity contribution in [3.63, 3.8) is 0 Å². The first kappa shape index (κ1) is 14.3. The number of ether oxygens (including phenoxy) is 1. The van der Waals surface area contributed by atoms with E-state index in [2.05, 4.69) is 0 Å². The summed E-state index contributed by atoms with van der Waals surface area (Å²) < 4.78 is 5.97. The number of aliphatic hydroxyl groups excluding tert-OH is 1. The highest BCUT2D eigenvalue weighted by Gasteiger charge is 2.40. The number of hydrogen-bond donors (Lipinski definition) is 1. The van der Waals surface area contributed by atoms with Crippen LogP contribution in [0.15, 0.2) is 18.2 Å². The number of hydrogen-bond acceptors (Lipinski definition) is 5. The molecule has 1 aliphatic heterocycles. The van der Waals surface area contributed by atoms with Gasteiger partial charge in [-0.05, 0) is 30.5 Å². The molecule has 1 N–H and O–H groups in total. The minimum absolute atomic E-state index is 0.0993. The number of nitro benzene ring substituents is 1. The third kappa shape index (κ3) is 2.73. The van der Waals surface area contributed by atoms with Gasteiger partial charge in [-0.25, -0.2) is 0 Å². The van der Waals surface area contributed by atoms with E-state index in [9.17, 15) is 15.2 Å². The average molecular weight is 292 g/mol. The van der Waals surface area contributed by atoms with Crippen LogP contribution in [-0.4, -0.2) is 35.3 Å². The number of benzene rings is 1. The van der Waals surface area contributed by atoms with Crippen molar-refractivity contribution in [2.45, 2.75) is 37.9 Å². The van der Waals surface area contributed by atoms with Crippen molar-refractivity contribution in [3.8, 4) is 0 Å². The zero-order valence-electron chi connectivity index (χ0n) is 12.0. The van der Waals surface area contributed by atoms with Crippen LogP contribution in [0.1, 0.15) is 31.2 Å². The Labute approximate surface area is 123 Å². The van der Waals surface area contributed by atoms with E-state index < -0.39 is 0 Å². The second-order valence-electron chi connectivity index (χ2n) is 5.90. The van der Waals surface area contributed by atoms with Crippen molar-refractivity contribution in [1.82, 2.24) is 0 Å². The molecule has 6 nitrogen and oxygen atoms in total. The van der Waals surface area contributed by atoms with Crippen LogP contribution in [0, 0.1) is 10.1 Å². The van der Waals surface area contributed by atoms with Crippen LogP contribution >= 0.6 is 0 Å². The Bertz CT molecular complexity index is 540. The smallest absolute Gasteiger partial charge is 0.292 e. The number of nitro groups is 1. The molecule has 1 saturated heterocycles. The van der Waals surface area contributed by atoms with Crippen molar-refractivity contribution in [1.29, 1.82) is 0 Å². The zero-order valence-corrected chi connectivity index (χ0v) is 12.0. The topological polar surface area (TPSA) is 75.8 Å². The van der Waals surface area contributed by atoms with Gasteiger partial charge in [-0.3, -0.25) is 10.1 Å². The molecule has 114 valence electrons. The Morgan fingerprint density at radius 3 is 2.81 bits per heavy atom. The Hall–Kier alpha value is -1.66. The second kappa shape index (κ2) is 5.61. The molecule has 1 aromatic rings. The van der Waals surface area contributed by atoms with Gasteiger partial charge >= 0.3 is 0 Å². The molecule has 0 bridgehead atoms. The van der Waals surface area contributed by atoms with Crippen molar-refractivity contribution in [3.05, 3.63) is 33.9 Å². The van der Waals surface area contributed by atoms with Crippen LogP contribution in [0.5, 0.6) is 0 Å². The summed E-state index contributed by atoms with van der Waals surface area (Å²) in [4.78, 5) is 13.0. The molecule has 1 heterocycles. The molecule has 6 heteroatoms. The first-order valence-electron chi connectivity index (χ1n) is 7.41. The molecular weight excluding hydrogens is 272 g/mol. The maximum absolute atomic E-state index is 11.3. The molecule has 1 aliphatic carbocycles. The van der Waals surface area contributed by atoms with Gasteiger partial charge in [0.2, 0.25) is 0 Å². The average Bonchev–Trinajstić information content (AvgIpc) is 2.94. The van der Waals surface area contributed by atoms with Crippen LogP contribution in [0.25, 0.3) is 0 Å². The highest BCUT2D eigenvalue weighted by atomic mass is 16.6. The summed E-state index contributed by atoms with van der Waals surface area (Å²) in [5.74, 6) is 0. The van der Waals surface area contributed by atoms with Gasteiger partial charge in [-0.15, -0.1) is 0 Å². The van der Waals surface area contributed by atoms with Crippen molar-refractivity contribution in [2.24, 2.45) is 0 Å². The van der Waals surface area contributed by atoms with E-state index in [1.54, 1.807) is 12.1 Å². The van der Waals surface area contributed by atoms with Crippen molar-refractivity contribution >= 4 is 11.4 Å². The number of anilines is 1. The first-order valence-corrected chi connectivity index (χ1v) is 7.41. The van der Waals surface area contributed by atoms with Gasteiger partial charge in [0.15, 0.2) is 0 Å². The summed E-state index contributed by atoms with van der Waals surface area (Å²) in [6.07, 6.45) is 4.37. The van der Waals surface area contributed by atoms with E-state index in [1.165, 1.54) is 6.07 Å². The van der Waals surface area contributed by atoms with Gasteiger partial charge in [0.05, 0.1) is 23.7 Å². The van der Waals surface area contributed by atoms with Gasteiger partial charge in [0.25, 0.3) is 5.69 Å². The summed E-state index contributed by atoms with van der Waals surface area (Å²) in [6, 6.07) is 4.82. The molecule has 0 amide bonds. The number of rotatable bonds is 3. The fourth-order valence-corrected chi connectivity index (χ4v) is 3.45. The van der Waals surface area contributed by atoms with Crippen LogP contribution in [0.3, 0.4) is 0 Å². The van der Waals surface area contributed by atoms with Gasteiger partial charge in [-0.2, -0.15) is 0 Å². The predicted molar refractivity (Wildman–Crippen MR) is 78.4 cm³/mol. The molecule has 0 atom stereocenters. The molecule has 1 aromatic carbocycles. The third-order valence-electron chi connectivity index (χ3n) is 4.52. The minimum atomic E-state index is -0.354. The van der Waals surface area contributed by atoms with E-state index >= 15 is 0 Å². The van der Waals surface area contributed by atoms with Crippen LogP contribution in [0.4, 0.5) is 11.4 Å². The van der Waals surface area contributed by atoms with E-state index in [1.807, 2.05) is 4.90 Å². The summed E-state index contributed by atoms with van der Waals surface area (Å²) in [5, 5.41) is 20.5. The van der Waals surface area contributed by atoms with Gasteiger partial charge in [-0.1, -0.05) is 12.8 Å². The largest absolute Gasteiger partial charge is 0.392 e. The Balaban J connectivity index is 1.92.